The molecule has 0 radical (unpaired) electrons. The average Bonchev–Trinajstić information content (AvgIpc) is 3.50. The van der Waals surface area contributed by atoms with Crippen molar-refractivity contribution in [2.75, 3.05) is 13.6 Å². The molecule has 1 aliphatic heterocycles. The smallest absolute Gasteiger partial charge is 0.231 e. The van der Waals surface area contributed by atoms with Gasteiger partial charge in [-0.05, 0) is 31.7 Å². The lowest BCUT2D eigenvalue weighted by atomic mass is 10.00. The molecule has 0 bridgehead atoms. The molecule has 146 valence electrons. The van der Waals surface area contributed by atoms with Gasteiger partial charge in [0, 0.05) is 6.54 Å². The fraction of sp³-hybridized carbons (Fsp3) is 0.700. The summed E-state index contributed by atoms with van der Waals surface area (Å²) >= 11 is 0. The molecule has 2 aliphatic rings. The molecule has 1 atom stereocenters. The lowest BCUT2D eigenvalue weighted by molar-refractivity contribution is -0.128. The monoisotopic (exact) mass is 352 g/mol. The number of terminal acetylenes is 2. The van der Waals surface area contributed by atoms with Gasteiger partial charge < -0.3 is 11.5 Å². The van der Waals surface area contributed by atoms with Crippen molar-refractivity contribution in [3.8, 4) is 25.7 Å². The first kappa shape index (κ1) is 30.9. The van der Waals surface area contributed by atoms with Crippen LogP contribution in [0.3, 0.4) is 0 Å². The second kappa shape index (κ2) is 22.0. The SMILES string of the molecule is C#C.C#C.CC.CC.CC(C)C1CC(=O)N(CC2CC2)C(N)=N1.CN. The molecular formula is C20H40N4O. The van der Waals surface area contributed by atoms with Crippen LogP contribution in [0.1, 0.15) is 60.8 Å². The molecule has 1 unspecified atom stereocenters. The summed E-state index contributed by atoms with van der Waals surface area (Å²) in [6.07, 6.45) is 19.0. The Morgan fingerprint density at radius 3 is 1.76 bits per heavy atom. The molecule has 0 aromatic carbocycles. The summed E-state index contributed by atoms with van der Waals surface area (Å²) in [5.41, 5.74) is 10.3. The Hall–Kier alpha value is -1.98. The molecule has 2 rings (SSSR count). The molecule has 0 spiro atoms. The van der Waals surface area contributed by atoms with Crippen LogP contribution in [0.25, 0.3) is 0 Å². The molecule has 1 heterocycles. The van der Waals surface area contributed by atoms with Gasteiger partial charge in [-0.25, -0.2) is 4.99 Å². The minimum Gasteiger partial charge on any atom is -0.369 e. The third-order valence-electron chi connectivity index (χ3n) is 3.17. The molecule has 4 N–H and O–H groups in total. The first-order valence-electron chi connectivity index (χ1n) is 8.96. The van der Waals surface area contributed by atoms with Crippen LogP contribution in [-0.4, -0.2) is 36.4 Å². The van der Waals surface area contributed by atoms with E-state index in [1.807, 2.05) is 27.7 Å². The van der Waals surface area contributed by atoms with E-state index in [0.717, 1.165) is 6.54 Å². The van der Waals surface area contributed by atoms with Crippen LogP contribution in [-0.2, 0) is 4.79 Å². The average molecular weight is 353 g/mol. The zero-order chi connectivity index (χ0) is 21.0. The summed E-state index contributed by atoms with van der Waals surface area (Å²) in [6.45, 7) is 12.9. The lowest BCUT2D eigenvalue weighted by Crippen LogP contribution is -2.48. The third-order valence-corrected chi connectivity index (χ3v) is 3.17. The van der Waals surface area contributed by atoms with Crippen molar-refractivity contribution in [2.45, 2.75) is 66.8 Å². The molecule has 1 aliphatic carbocycles. The van der Waals surface area contributed by atoms with Crippen molar-refractivity contribution in [2.24, 2.45) is 28.3 Å². The van der Waals surface area contributed by atoms with Crippen molar-refractivity contribution in [3.63, 3.8) is 0 Å². The topological polar surface area (TPSA) is 84.7 Å². The largest absolute Gasteiger partial charge is 0.369 e. The van der Waals surface area contributed by atoms with Gasteiger partial charge in [0.2, 0.25) is 5.91 Å². The van der Waals surface area contributed by atoms with E-state index in [-0.39, 0.29) is 11.9 Å². The molecule has 5 heteroatoms. The van der Waals surface area contributed by atoms with Crippen LogP contribution in [0.4, 0.5) is 0 Å². The number of carbonyl (C=O) groups is 1. The van der Waals surface area contributed by atoms with Crippen molar-refractivity contribution in [1.82, 2.24) is 4.90 Å². The van der Waals surface area contributed by atoms with Gasteiger partial charge in [-0.1, -0.05) is 41.5 Å². The number of nitrogens with zero attached hydrogens (tertiary/aromatic N) is 2. The van der Waals surface area contributed by atoms with Crippen LogP contribution >= 0.6 is 0 Å². The zero-order valence-electron chi connectivity index (χ0n) is 17.3. The summed E-state index contributed by atoms with van der Waals surface area (Å²) < 4.78 is 0. The van der Waals surface area contributed by atoms with Gasteiger partial charge in [0.1, 0.15) is 0 Å². The zero-order valence-corrected chi connectivity index (χ0v) is 17.3. The fourth-order valence-electron chi connectivity index (χ4n) is 1.84. The maximum atomic E-state index is 11.8. The Bertz CT molecular complexity index is 362. The normalized spacial score (nSPS) is 17.2. The summed E-state index contributed by atoms with van der Waals surface area (Å²) in [7, 11) is 1.50. The standard InChI is InChI=1S/C11H19N3O.2C2H6.2C2H2.CH5N/c1-7(2)9-5-10(15)14(11(12)13-9)6-8-3-4-8;5*1-2/h7-9H,3-6H2,1-2H3,(H2,12,13);2*1-2H3;2*1-2H;2H2,1H3. The van der Waals surface area contributed by atoms with Crippen LogP contribution in [0.2, 0.25) is 0 Å². The number of aliphatic imine (C=N–C) groups is 1. The molecule has 5 nitrogen and oxygen atoms in total. The number of nitrogens with two attached hydrogens (primary N) is 2. The maximum absolute atomic E-state index is 11.8. The number of hydrogen-bond donors (Lipinski definition) is 2. The highest BCUT2D eigenvalue weighted by molar-refractivity contribution is 5.98. The van der Waals surface area contributed by atoms with Crippen LogP contribution in [0, 0.1) is 37.5 Å². The first-order valence-corrected chi connectivity index (χ1v) is 8.96. The first-order chi connectivity index (χ1) is 12.1. The Kier molecular flexibility index (Phi) is 27.2. The number of hydrogen-bond acceptors (Lipinski definition) is 4. The minimum atomic E-state index is 0.0768. The summed E-state index contributed by atoms with van der Waals surface area (Å²) in [5.74, 6) is 1.62. The van der Waals surface area contributed by atoms with Gasteiger partial charge in [-0.2, -0.15) is 0 Å². The maximum Gasteiger partial charge on any atom is 0.231 e. The molecule has 0 aromatic rings. The number of guanidine groups is 1. The van der Waals surface area contributed by atoms with E-state index < -0.39 is 0 Å². The van der Waals surface area contributed by atoms with Gasteiger partial charge in [-0.3, -0.25) is 9.69 Å². The Labute approximate surface area is 156 Å². The quantitative estimate of drug-likeness (QED) is 0.765. The van der Waals surface area contributed by atoms with E-state index in [9.17, 15) is 4.79 Å². The van der Waals surface area contributed by atoms with E-state index >= 15 is 0 Å². The van der Waals surface area contributed by atoms with Gasteiger partial charge in [0.05, 0.1) is 12.5 Å². The van der Waals surface area contributed by atoms with Crippen LogP contribution in [0.15, 0.2) is 4.99 Å². The van der Waals surface area contributed by atoms with Crippen molar-refractivity contribution < 1.29 is 4.79 Å². The van der Waals surface area contributed by atoms with Crippen molar-refractivity contribution in [1.29, 1.82) is 0 Å². The second-order valence-electron chi connectivity index (χ2n) is 4.95. The van der Waals surface area contributed by atoms with E-state index in [0.29, 0.717) is 24.2 Å². The van der Waals surface area contributed by atoms with Crippen molar-refractivity contribution >= 4 is 11.9 Å². The van der Waals surface area contributed by atoms with Crippen LogP contribution in [0.5, 0.6) is 0 Å². The molecule has 25 heavy (non-hydrogen) atoms. The fourth-order valence-corrected chi connectivity index (χ4v) is 1.84. The predicted molar refractivity (Wildman–Crippen MR) is 112 cm³/mol. The molecule has 0 saturated heterocycles. The van der Waals surface area contributed by atoms with E-state index in [1.54, 1.807) is 4.90 Å². The Balaban J connectivity index is -0.000000191. The minimum absolute atomic E-state index is 0.0768. The van der Waals surface area contributed by atoms with Gasteiger partial charge in [0.25, 0.3) is 0 Å². The molecular weight excluding hydrogens is 312 g/mol. The summed E-state index contributed by atoms with van der Waals surface area (Å²) in [4.78, 5) is 17.9. The summed E-state index contributed by atoms with van der Waals surface area (Å²) in [5, 5.41) is 0. The van der Waals surface area contributed by atoms with Gasteiger partial charge in [0.15, 0.2) is 5.96 Å². The van der Waals surface area contributed by atoms with Gasteiger partial charge in [-0.15, -0.1) is 25.7 Å². The number of amides is 1. The highest BCUT2D eigenvalue weighted by Crippen LogP contribution is 2.30. The lowest BCUT2D eigenvalue weighted by Gasteiger charge is -2.30. The molecule has 1 amide bonds. The van der Waals surface area contributed by atoms with Gasteiger partial charge >= 0.3 is 0 Å². The predicted octanol–water partition coefficient (Wildman–Crippen LogP) is 3.09. The van der Waals surface area contributed by atoms with E-state index in [4.69, 9.17) is 5.73 Å². The molecule has 0 aromatic heterocycles. The number of rotatable bonds is 3. The highest BCUT2D eigenvalue weighted by Gasteiger charge is 2.33. The van der Waals surface area contributed by atoms with Crippen molar-refractivity contribution in [3.05, 3.63) is 0 Å². The highest BCUT2D eigenvalue weighted by atomic mass is 16.2. The Morgan fingerprint density at radius 2 is 1.48 bits per heavy atom. The summed E-state index contributed by atoms with van der Waals surface area (Å²) in [6, 6.07) is 0.0768. The molecule has 1 fully saturated rings. The Morgan fingerprint density at radius 1 is 1.08 bits per heavy atom. The second-order valence-corrected chi connectivity index (χ2v) is 4.95. The van der Waals surface area contributed by atoms with E-state index in [2.05, 4.69) is 50.3 Å². The third kappa shape index (κ3) is 14.1. The molecule has 1 saturated carbocycles. The number of carbonyl (C=O) groups excluding carboxylic acids is 1. The van der Waals surface area contributed by atoms with E-state index in [1.165, 1.54) is 19.9 Å². The van der Waals surface area contributed by atoms with Crippen LogP contribution < -0.4 is 11.5 Å².